The molecule has 0 aromatic heterocycles. The standard InChI is InChI=1S/C21H29N3O4S2/c1-14-5-9-23(10-6-14)21(26)16-7-11-24(12-8-16)30(27,28)17-3-4-19-18(13-17)22-20(25)15(2)29-19/h3-4,13-16H,5-12H2,1-2H3,(H,22,25)/t15-/m1/s1. The molecule has 1 aromatic rings. The molecule has 0 aliphatic carbocycles. The highest BCUT2D eigenvalue weighted by Gasteiger charge is 2.35. The van der Waals surface area contributed by atoms with Crippen LogP contribution in [-0.4, -0.2) is 60.9 Å². The van der Waals surface area contributed by atoms with E-state index >= 15 is 0 Å². The zero-order chi connectivity index (χ0) is 21.5. The molecule has 3 aliphatic rings. The minimum atomic E-state index is -3.66. The molecule has 164 valence electrons. The van der Waals surface area contributed by atoms with Crippen LogP contribution in [0, 0.1) is 11.8 Å². The summed E-state index contributed by atoms with van der Waals surface area (Å²) < 4.78 is 27.8. The van der Waals surface area contributed by atoms with Crippen molar-refractivity contribution in [2.24, 2.45) is 11.8 Å². The normalized spacial score (nSPS) is 24.4. The van der Waals surface area contributed by atoms with Gasteiger partial charge in [0.25, 0.3) is 0 Å². The molecule has 1 atom stereocenters. The summed E-state index contributed by atoms with van der Waals surface area (Å²) in [5.74, 6) is 0.643. The largest absolute Gasteiger partial charge is 0.342 e. The monoisotopic (exact) mass is 451 g/mol. The molecule has 0 unspecified atom stereocenters. The van der Waals surface area contributed by atoms with Gasteiger partial charge in [-0.15, -0.1) is 11.8 Å². The molecule has 3 aliphatic heterocycles. The number of sulfonamides is 1. The topological polar surface area (TPSA) is 86.8 Å². The Balaban J connectivity index is 1.41. The Morgan fingerprint density at radius 2 is 1.73 bits per heavy atom. The van der Waals surface area contributed by atoms with Crippen molar-refractivity contribution in [3.8, 4) is 0 Å². The number of thioether (sulfide) groups is 1. The quantitative estimate of drug-likeness (QED) is 0.764. The van der Waals surface area contributed by atoms with E-state index in [1.165, 1.54) is 16.1 Å². The summed E-state index contributed by atoms with van der Waals surface area (Å²) in [6, 6.07) is 4.92. The lowest BCUT2D eigenvalue weighted by Gasteiger charge is -2.36. The third kappa shape index (κ3) is 4.24. The molecule has 0 spiro atoms. The molecule has 7 nitrogen and oxygen atoms in total. The molecule has 2 amide bonds. The van der Waals surface area contributed by atoms with Crippen LogP contribution in [0.5, 0.6) is 0 Å². The van der Waals surface area contributed by atoms with Gasteiger partial charge >= 0.3 is 0 Å². The lowest BCUT2D eigenvalue weighted by molar-refractivity contribution is -0.138. The second kappa shape index (κ2) is 8.51. The molecule has 3 heterocycles. The van der Waals surface area contributed by atoms with Gasteiger partial charge < -0.3 is 10.2 Å². The van der Waals surface area contributed by atoms with E-state index in [1.807, 2.05) is 11.8 Å². The van der Waals surface area contributed by atoms with Crippen LogP contribution in [0.1, 0.15) is 39.5 Å². The van der Waals surface area contributed by atoms with Crippen LogP contribution in [-0.2, 0) is 19.6 Å². The average molecular weight is 452 g/mol. The summed E-state index contributed by atoms with van der Waals surface area (Å²) in [6.07, 6.45) is 3.20. The van der Waals surface area contributed by atoms with E-state index in [4.69, 9.17) is 0 Å². The fourth-order valence-electron chi connectivity index (χ4n) is 4.33. The van der Waals surface area contributed by atoms with Crippen LogP contribution in [0.3, 0.4) is 0 Å². The predicted molar refractivity (Wildman–Crippen MR) is 117 cm³/mol. The molecular formula is C21H29N3O4S2. The first-order chi connectivity index (χ1) is 14.3. The Morgan fingerprint density at radius 1 is 1.07 bits per heavy atom. The third-order valence-electron chi connectivity index (χ3n) is 6.42. The lowest BCUT2D eigenvalue weighted by atomic mass is 9.93. The maximum atomic E-state index is 13.1. The number of rotatable bonds is 3. The highest BCUT2D eigenvalue weighted by molar-refractivity contribution is 8.01. The van der Waals surface area contributed by atoms with Crippen molar-refractivity contribution in [3.63, 3.8) is 0 Å². The Morgan fingerprint density at radius 3 is 2.40 bits per heavy atom. The second-order valence-electron chi connectivity index (χ2n) is 8.59. The number of hydrogen-bond donors (Lipinski definition) is 1. The van der Waals surface area contributed by atoms with Crippen molar-refractivity contribution in [2.75, 3.05) is 31.5 Å². The predicted octanol–water partition coefficient (Wildman–Crippen LogP) is 2.78. The van der Waals surface area contributed by atoms with Gasteiger partial charge in [-0.2, -0.15) is 4.31 Å². The van der Waals surface area contributed by atoms with Gasteiger partial charge in [0.15, 0.2) is 0 Å². The highest BCUT2D eigenvalue weighted by Crippen LogP contribution is 2.37. The summed E-state index contributed by atoms with van der Waals surface area (Å²) >= 11 is 1.43. The number of benzene rings is 1. The van der Waals surface area contributed by atoms with Crippen molar-refractivity contribution in [3.05, 3.63) is 18.2 Å². The van der Waals surface area contributed by atoms with E-state index in [0.29, 0.717) is 37.5 Å². The number of fused-ring (bicyclic) bond motifs is 1. The van der Waals surface area contributed by atoms with Crippen LogP contribution in [0.2, 0.25) is 0 Å². The van der Waals surface area contributed by atoms with Crippen LogP contribution in [0.25, 0.3) is 0 Å². The third-order valence-corrected chi connectivity index (χ3v) is 9.49. The molecule has 2 saturated heterocycles. The molecular weight excluding hydrogens is 422 g/mol. The second-order valence-corrected chi connectivity index (χ2v) is 11.9. The molecule has 4 rings (SSSR count). The SMILES string of the molecule is CC1CCN(C(=O)C2CCN(S(=O)(=O)c3ccc4c(c3)NC(=O)[C@@H](C)S4)CC2)CC1. The first kappa shape index (κ1) is 21.6. The van der Waals surface area contributed by atoms with E-state index < -0.39 is 10.0 Å². The van der Waals surface area contributed by atoms with Crippen molar-refractivity contribution in [2.45, 2.75) is 54.6 Å². The Labute approximate surface area is 182 Å². The van der Waals surface area contributed by atoms with Gasteiger partial charge in [-0.1, -0.05) is 6.92 Å². The van der Waals surface area contributed by atoms with Crippen molar-refractivity contribution in [1.29, 1.82) is 0 Å². The Hall–Kier alpha value is -1.58. The molecule has 0 saturated carbocycles. The van der Waals surface area contributed by atoms with Gasteiger partial charge in [-0.05, 0) is 56.7 Å². The van der Waals surface area contributed by atoms with Gasteiger partial charge in [0.2, 0.25) is 21.8 Å². The summed E-state index contributed by atoms with van der Waals surface area (Å²) in [5, 5.41) is 2.60. The van der Waals surface area contributed by atoms with E-state index in [9.17, 15) is 18.0 Å². The maximum Gasteiger partial charge on any atom is 0.243 e. The lowest BCUT2D eigenvalue weighted by Crippen LogP contribution is -2.46. The molecule has 0 radical (unpaired) electrons. The minimum absolute atomic E-state index is 0.0921. The number of piperidine rings is 2. The number of nitrogens with zero attached hydrogens (tertiary/aromatic N) is 2. The van der Waals surface area contributed by atoms with Crippen molar-refractivity contribution >= 4 is 39.3 Å². The average Bonchev–Trinajstić information content (AvgIpc) is 2.74. The molecule has 1 aromatic carbocycles. The van der Waals surface area contributed by atoms with E-state index in [0.717, 1.165) is 30.8 Å². The number of hydrogen-bond acceptors (Lipinski definition) is 5. The summed E-state index contributed by atoms with van der Waals surface area (Å²) in [4.78, 5) is 27.8. The smallest absolute Gasteiger partial charge is 0.243 e. The number of amides is 2. The maximum absolute atomic E-state index is 13.1. The van der Waals surface area contributed by atoms with Crippen LogP contribution in [0.4, 0.5) is 5.69 Å². The van der Waals surface area contributed by atoms with Crippen LogP contribution < -0.4 is 5.32 Å². The Kier molecular flexibility index (Phi) is 6.14. The van der Waals surface area contributed by atoms with Gasteiger partial charge in [0.1, 0.15) is 0 Å². The van der Waals surface area contributed by atoms with Gasteiger partial charge in [0, 0.05) is 37.0 Å². The molecule has 0 bridgehead atoms. The highest BCUT2D eigenvalue weighted by atomic mass is 32.2. The van der Waals surface area contributed by atoms with Gasteiger partial charge in [-0.3, -0.25) is 9.59 Å². The molecule has 1 N–H and O–H groups in total. The fraction of sp³-hybridized carbons (Fsp3) is 0.619. The zero-order valence-corrected chi connectivity index (χ0v) is 19.1. The Bertz CT molecular complexity index is 934. The molecule has 30 heavy (non-hydrogen) atoms. The van der Waals surface area contributed by atoms with Crippen molar-refractivity contribution in [1.82, 2.24) is 9.21 Å². The zero-order valence-electron chi connectivity index (χ0n) is 17.5. The summed E-state index contributed by atoms with van der Waals surface area (Å²) in [7, 11) is -3.66. The number of carbonyl (C=O) groups excluding carboxylic acids is 2. The first-order valence-electron chi connectivity index (χ1n) is 10.7. The number of nitrogens with one attached hydrogen (secondary N) is 1. The van der Waals surface area contributed by atoms with Gasteiger partial charge in [-0.25, -0.2) is 8.42 Å². The number of likely N-dealkylation sites (tertiary alicyclic amines) is 1. The van der Waals surface area contributed by atoms with Crippen LogP contribution >= 0.6 is 11.8 Å². The van der Waals surface area contributed by atoms with Crippen molar-refractivity contribution < 1.29 is 18.0 Å². The molecule has 9 heteroatoms. The van der Waals surface area contributed by atoms with E-state index in [2.05, 4.69) is 12.2 Å². The number of carbonyl (C=O) groups is 2. The first-order valence-corrected chi connectivity index (χ1v) is 13.0. The van der Waals surface area contributed by atoms with E-state index in [1.54, 1.807) is 18.2 Å². The summed E-state index contributed by atoms with van der Waals surface area (Å²) in [6.45, 7) is 6.36. The van der Waals surface area contributed by atoms with Crippen LogP contribution in [0.15, 0.2) is 28.0 Å². The van der Waals surface area contributed by atoms with Gasteiger partial charge in [0.05, 0.1) is 15.8 Å². The fourth-order valence-corrected chi connectivity index (χ4v) is 6.75. The minimum Gasteiger partial charge on any atom is -0.342 e. The number of anilines is 1. The van der Waals surface area contributed by atoms with E-state index in [-0.39, 0.29) is 27.9 Å². The molecule has 2 fully saturated rings. The summed E-state index contributed by atoms with van der Waals surface area (Å²) in [5.41, 5.74) is 0.550.